The average Bonchev–Trinajstić information content (AvgIpc) is 2.37. The predicted molar refractivity (Wildman–Crippen MR) is 99.1 cm³/mol. The lowest BCUT2D eigenvalue weighted by molar-refractivity contribution is 0.263. The summed E-state index contributed by atoms with van der Waals surface area (Å²) in [5, 5.41) is 0.182. The molecule has 120 valence electrons. The molecule has 1 nitrogen and oxygen atoms in total. The van der Waals surface area contributed by atoms with Gasteiger partial charge in [-0.05, 0) is 30.3 Å². The SMILES string of the molecule is C=C(O[Si](C)(C)C(C)(C)C)C(C)(C)CC#Cc1ccccc1. The van der Waals surface area contributed by atoms with Gasteiger partial charge >= 0.3 is 0 Å². The summed E-state index contributed by atoms with van der Waals surface area (Å²) in [6.45, 7) is 19.7. The molecule has 0 amide bonds. The standard InChI is InChI=1S/C20H30OSi/c1-17(21-22(7,8)19(2,3)4)20(5,6)16-12-15-18-13-10-9-11-14-18/h9-11,13-14H,1,16H2,2-8H3. The maximum atomic E-state index is 6.35. The first-order valence-electron chi connectivity index (χ1n) is 7.88. The number of allylic oxidation sites excluding steroid dienone is 1. The summed E-state index contributed by atoms with van der Waals surface area (Å²) in [6, 6.07) is 10.1. The fourth-order valence-electron chi connectivity index (χ4n) is 1.59. The molecule has 0 saturated carbocycles. The lowest BCUT2D eigenvalue weighted by Crippen LogP contribution is -2.42. The molecular weight excluding hydrogens is 284 g/mol. The predicted octanol–water partition coefficient (Wildman–Crippen LogP) is 5.99. The third-order valence-corrected chi connectivity index (χ3v) is 8.85. The van der Waals surface area contributed by atoms with Crippen LogP contribution in [0.25, 0.3) is 0 Å². The minimum absolute atomic E-state index is 0.142. The monoisotopic (exact) mass is 314 g/mol. The fourth-order valence-corrected chi connectivity index (χ4v) is 2.79. The van der Waals surface area contributed by atoms with Crippen LogP contribution < -0.4 is 0 Å². The van der Waals surface area contributed by atoms with Crippen molar-refractivity contribution in [2.24, 2.45) is 5.41 Å². The Morgan fingerprint density at radius 2 is 1.64 bits per heavy atom. The summed E-state index contributed by atoms with van der Waals surface area (Å²) < 4.78 is 6.35. The third kappa shape index (κ3) is 5.07. The molecule has 1 aromatic carbocycles. The van der Waals surface area contributed by atoms with Crippen molar-refractivity contribution in [2.75, 3.05) is 0 Å². The molecule has 0 unspecified atom stereocenters. The van der Waals surface area contributed by atoms with Crippen molar-refractivity contribution in [1.29, 1.82) is 0 Å². The van der Waals surface area contributed by atoms with E-state index < -0.39 is 8.32 Å². The second kappa shape index (κ2) is 6.75. The minimum atomic E-state index is -1.83. The third-order valence-electron chi connectivity index (χ3n) is 4.48. The van der Waals surface area contributed by atoms with E-state index in [0.717, 1.165) is 17.7 Å². The molecule has 22 heavy (non-hydrogen) atoms. The Morgan fingerprint density at radius 3 is 2.14 bits per heavy atom. The Hall–Kier alpha value is -1.46. The molecule has 0 bridgehead atoms. The quantitative estimate of drug-likeness (QED) is 0.377. The van der Waals surface area contributed by atoms with Crippen LogP contribution in [0, 0.1) is 17.3 Å². The molecule has 1 aromatic rings. The van der Waals surface area contributed by atoms with Crippen molar-refractivity contribution in [1.82, 2.24) is 0 Å². The van der Waals surface area contributed by atoms with Crippen molar-refractivity contribution >= 4 is 8.32 Å². The molecular formula is C20H30OSi. The molecule has 0 aliphatic rings. The van der Waals surface area contributed by atoms with Gasteiger partial charge in [0.1, 0.15) is 0 Å². The lowest BCUT2D eigenvalue weighted by Gasteiger charge is -2.40. The maximum absolute atomic E-state index is 6.35. The van der Waals surface area contributed by atoms with E-state index in [4.69, 9.17) is 4.43 Å². The fraction of sp³-hybridized carbons (Fsp3) is 0.500. The van der Waals surface area contributed by atoms with Crippen LogP contribution in [0.15, 0.2) is 42.7 Å². The first kappa shape index (κ1) is 18.6. The second-order valence-corrected chi connectivity index (χ2v) is 12.7. The molecule has 1 rings (SSSR count). The van der Waals surface area contributed by atoms with Gasteiger partial charge < -0.3 is 4.43 Å². The van der Waals surface area contributed by atoms with Crippen molar-refractivity contribution in [3.8, 4) is 11.8 Å². The van der Waals surface area contributed by atoms with Gasteiger partial charge in [-0.3, -0.25) is 0 Å². The van der Waals surface area contributed by atoms with Gasteiger partial charge in [0.05, 0.1) is 5.76 Å². The van der Waals surface area contributed by atoms with E-state index in [9.17, 15) is 0 Å². The number of hydrogen-bond acceptors (Lipinski definition) is 1. The second-order valence-electron chi connectivity index (χ2n) is 8.01. The summed E-state index contributed by atoms with van der Waals surface area (Å²) in [5.74, 6) is 7.35. The molecule has 0 radical (unpaired) electrons. The van der Waals surface area contributed by atoms with E-state index in [-0.39, 0.29) is 10.5 Å². The van der Waals surface area contributed by atoms with E-state index in [2.05, 4.69) is 66.1 Å². The molecule has 0 fully saturated rings. The topological polar surface area (TPSA) is 9.23 Å². The zero-order chi connectivity index (χ0) is 17.0. The Morgan fingerprint density at radius 1 is 1.09 bits per heavy atom. The summed E-state index contributed by atoms with van der Waals surface area (Å²) in [4.78, 5) is 0. The van der Waals surface area contributed by atoms with Crippen molar-refractivity contribution in [3.05, 3.63) is 48.2 Å². The number of benzene rings is 1. The highest BCUT2D eigenvalue weighted by Gasteiger charge is 2.41. The van der Waals surface area contributed by atoms with E-state index in [0.29, 0.717) is 0 Å². The van der Waals surface area contributed by atoms with Gasteiger partial charge in [0.2, 0.25) is 8.32 Å². The van der Waals surface area contributed by atoms with E-state index in [1.54, 1.807) is 0 Å². The van der Waals surface area contributed by atoms with Crippen molar-refractivity contribution < 1.29 is 4.43 Å². The first-order chi connectivity index (χ1) is 9.96. The Bertz CT molecular complexity index is 565. The summed E-state index contributed by atoms with van der Waals surface area (Å²) >= 11 is 0. The molecule has 0 saturated heterocycles. The summed E-state index contributed by atoms with van der Waals surface area (Å²) in [7, 11) is -1.83. The highest BCUT2D eigenvalue weighted by Crippen LogP contribution is 2.41. The largest absolute Gasteiger partial charge is 0.547 e. The normalized spacial score (nSPS) is 12.3. The van der Waals surface area contributed by atoms with Gasteiger partial charge in [0.25, 0.3) is 0 Å². The molecule has 2 heteroatoms. The molecule has 0 aliphatic heterocycles. The first-order valence-corrected chi connectivity index (χ1v) is 10.8. The highest BCUT2D eigenvalue weighted by atomic mass is 28.4. The molecule has 0 aromatic heterocycles. The van der Waals surface area contributed by atoms with Gasteiger partial charge in [-0.15, -0.1) is 0 Å². The van der Waals surface area contributed by atoms with Gasteiger partial charge in [-0.1, -0.05) is 71.2 Å². The molecule has 0 atom stereocenters. The summed E-state index contributed by atoms with van der Waals surface area (Å²) in [6.07, 6.45) is 0.745. The van der Waals surface area contributed by atoms with Crippen LogP contribution >= 0.6 is 0 Å². The van der Waals surface area contributed by atoms with Crippen molar-refractivity contribution in [2.45, 2.75) is 59.2 Å². The van der Waals surface area contributed by atoms with E-state index in [1.165, 1.54) is 0 Å². The van der Waals surface area contributed by atoms with E-state index >= 15 is 0 Å². The van der Waals surface area contributed by atoms with E-state index in [1.807, 2.05) is 30.3 Å². The Labute approximate surface area is 137 Å². The van der Waals surface area contributed by atoms with Gasteiger partial charge in [-0.2, -0.15) is 0 Å². The zero-order valence-electron chi connectivity index (χ0n) is 15.2. The van der Waals surface area contributed by atoms with Crippen LogP contribution in [-0.2, 0) is 4.43 Å². The Kier molecular flexibility index (Phi) is 5.70. The van der Waals surface area contributed by atoms with Crippen LogP contribution in [-0.4, -0.2) is 8.32 Å². The van der Waals surface area contributed by atoms with Crippen LogP contribution in [0.4, 0.5) is 0 Å². The average molecular weight is 315 g/mol. The lowest BCUT2D eigenvalue weighted by atomic mass is 9.88. The van der Waals surface area contributed by atoms with Gasteiger partial charge in [-0.25, -0.2) is 0 Å². The maximum Gasteiger partial charge on any atom is 0.250 e. The number of hydrogen-bond donors (Lipinski definition) is 0. The highest BCUT2D eigenvalue weighted by molar-refractivity contribution is 6.74. The van der Waals surface area contributed by atoms with Crippen LogP contribution in [0.3, 0.4) is 0 Å². The molecule has 0 N–H and O–H groups in total. The smallest absolute Gasteiger partial charge is 0.250 e. The minimum Gasteiger partial charge on any atom is -0.547 e. The van der Waals surface area contributed by atoms with Crippen molar-refractivity contribution in [3.63, 3.8) is 0 Å². The van der Waals surface area contributed by atoms with Crippen LogP contribution in [0.5, 0.6) is 0 Å². The number of rotatable bonds is 4. The molecule has 0 aliphatic carbocycles. The van der Waals surface area contributed by atoms with Gasteiger partial charge in [0.15, 0.2) is 0 Å². The molecule has 0 spiro atoms. The van der Waals surface area contributed by atoms with Gasteiger partial charge in [0, 0.05) is 17.4 Å². The molecule has 0 heterocycles. The summed E-state index contributed by atoms with van der Waals surface area (Å²) in [5.41, 5.74) is 0.909. The Balaban J connectivity index is 2.74. The van der Waals surface area contributed by atoms with Crippen LogP contribution in [0.1, 0.15) is 46.6 Å². The zero-order valence-corrected chi connectivity index (χ0v) is 16.2. The van der Waals surface area contributed by atoms with Crippen LogP contribution in [0.2, 0.25) is 18.1 Å².